The summed E-state index contributed by atoms with van der Waals surface area (Å²) in [5.74, 6) is -1.08. The van der Waals surface area contributed by atoms with E-state index in [1.807, 2.05) is 0 Å². The van der Waals surface area contributed by atoms with Gasteiger partial charge in [0.05, 0.1) is 17.1 Å². The van der Waals surface area contributed by atoms with E-state index in [-0.39, 0.29) is 17.1 Å². The third kappa shape index (κ3) is 1.86. The van der Waals surface area contributed by atoms with Crippen molar-refractivity contribution in [1.29, 1.82) is 0 Å². The van der Waals surface area contributed by atoms with E-state index in [4.69, 9.17) is 5.11 Å². The van der Waals surface area contributed by atoms with Gasteiger partial charge in [-0.3, -0.25) is 4.79 Å². The molecule has 1 aromatic carbocycles. The lowest BCUT2D eigenvalue weighted by atomic mass is 10.0. The Bertz CT molecular complexity index is 569. The lowest BCUT2D eigenvalue weighted by Gasteiger charge is -2.16. The van der Waals surface area contributed by atoms with Gasteiger partial charge in [0.2, 0.25) is 0 Å². The summed E-state index contributed by atoms with van der Waals surface area (Å²) in [4.78, 5) is 10.9. The molecular formula is C11H10O4S. The van der Waals surface area contributed by atoms with Crippen molar-refractivity contribution in [2.45, 2.75) is 11.3 Å². The molecule has 0 radical (unpaired) electrons. The van der Waals surface area contributed by atoms with Gasteiger partial charge in [0.1, 0.15) is 0 Å². The Kier molecular flexibility index (Phi) is 2.55. The monoisotopic (exact) mass is 238 g/mol. The van der Waals surface area contributed by atoms with E-state index >= 15 is 0 Å². The van der Waals surface area contributed by atoms with Crippen molar-refractivity contribution in [2.24, 2.45) is 0 Å². The van der Waals surface area contributed by atoms with Crippen LogP contribution in [0.3, 0.4) is 0 Å². The molecule has 1 aromatic rings. The number of hydrogen-bond acceptors (Lipinski definition) is 3. The van der Waals surface area contributed by atoms with Crippen molar-refractivity contribution < 1.29 is 18.3 Å². The predicted octanol–water partition coefficient (Wildman–Crippen LogP) is 1.33. The molecule has 84 valence electrons. The van der Waals surface area contributed by atoms with Gasteiger partial charge in [-0.15, -0.1) is 0 Å². The molecule has 0 aromatic heterocycles. The van der Waals surface area contributed by atoms with Gasteiger partial charge in [-0.2, -0.15) is 0 Å². The second kappa shape index (κ2) is 3.75. The lowest BCUT2D eigenvalue weighted by Crippen LogP contribution is -2.14. The molecule has 0 saturated carbocycles. The molecule has 0 fully saturated rings. The molecule has 5 heteroatoms. The zero-order chi connectivity index (χ0) is 11.8. The lowest BCUT2D eigenvalue weighted by molar-refractivity contribution is -0.135. The van der Waals surface area contributed by atoms with Crippen molar-refractivity contribution in [3.8, 4) is 0 Å². The van der Waals surface area contributed by atoms with Gasteiger partial charge in [0, 0.05) is 0 Å². The van der Waals surface area contributed by atoms with E-state index in [9.17, 15) is 13.2 Å². The minimum absolute atomic E-state index is 0.118. The molecule has 0 saturated heterocycles. The highest BCUT2D eigenvalue weighted by atomic mass is 32.2. The quantitative estimate of drug-likeness (QED) is 0.843. The summed E-state index contributed by atoms with van der Waals surface area (Å²) in [6, 6.07) is 6.50. The van der Waals surface area contributed by atoms with Crippen molar-refractivity contribution in [2.75, 3.05) is 5.75 Å². The molecule has 0 atom stereocenters. The summed E-state index contributed by atoms with van der Waals surface area (Å²) in [6.07, 6.45) is 1.33. The number of sulfone groups is 1. The van der Waals surface area contributed by atoms with Crippen LogP contribution in [0.4, 0.5) is 0 Å². The summed E-state index contributed by atoms with van der Waals surface area (Å²) in [5.41, 5.74) is 1.08. The van der Waals surface area contributed by atoms with E-state index in [0.717, 1.165) is 0 Å². The number of aliphatic carboxylic acids is 1. The predicted molar refractivity (Wildman–Crippen MR) is 58.7 cm³/mol. The van der Waals surface area contributed by atoms with Gasteiger partial charge in [0.15, 0.2) is 9.84 Å². The van der Waals surface area contributed by atoms with Crippen molar-refractivity contribution >= 4 is 21.4 Å². The molecule has 0 spiro atoms. The van der Waals surface area contributed by atoms with Gasteiger partial charge < -0.3 is 5.11 Å². The number of hydrogen-bond donors (Lipinski definition) is 1. The van der Waals surface area contributed by atoms with E-state index < -0.39 is 15.8 Å². The highest BCUT2D eigenvalue weighted by Crippen LogP contribution is 2.30. The van der Waals surface area contributed by atoms with Crippen LogP contribution < -0.4 is 0 Å². The van der Waals surface area contributed by atoms with Crippen LogP contribution >= 0.6 is 0 Å². The fourth-order valence-corrected chi connectivity index (χ4v) is 3.16. The zero-order valence-corrected chi connectivity index (χ0v) is 9.20. The van der Waals surface area contributed by atoms with E-state index in [2.05, 4.69) is 0 Å². The first-order valence-corrected chi connectivity index (χ1v) is 6.39. The van der Waals surface area contributed by atoms with E-state index in [0.29, 0.717) is 11.1 Å². The number of carboxylic acids is 1. The van der Waals surface area contributed by atoms with Gasteiger partial charge in [-0.05, 0) is 17.2 Å². The number of carbonyl (C=O) groups is 1. The van der Waals surface area contributed by atoms with Gasteiger partial charge in [-0.25, -0.2) is 8.42 Å². The Balaban J connectivity index is 2.56. The fourth-order valence-electron chi connectivity index (χ4n) is 1.74. The highest BCUT2D eigenvalue weighted by molar-refractivity contribution is 7.91. The minimum Gasteiger partial charge on any atom is -0.481 e. The number of benzene rings is 1. The van der Waals surface area contributed by atoms with Crippen molar-refractivity contribution in [1.82, 2.24) is 0 Å². The normalized spacial score (nSPS) is 17.4. The average molecular weight is 238 g/mol. The number of rotatable bonds is 2. The molecule has 0 amide bonds. The Morgan fingerprint density at radius 1 is 1.31 bits per heavy atom. The SMILES string of the molecule is O=C(O)CC1=CCS(=O)(=O)c2ccccc21. The Labute approximate surface area is 93.1 Å². The molecule has 2 rings (SSSR count). The third-order valence-electron chi connectivity index (χ3n) is 2.46. The number of carboxylic acid groups (broad SMARTS) is 1. The zero-order valence-electron chi connectivity index (χ0n) is 8.38. The maximum atomic E-state index is 11.7. The second-order valence-corrected chi connectivity index (χ2v) is 5.58. The Hall–Kier alpha value is -1.62. The topological polar surface area (TPSA) is 71.4 Å². The standard InChI is InChI=1S/C11H10O4S/c12-11(13)7-8-5-6-16(14,15)10-4-2-1-3-9(8)10/h1-5H,6-7H2,(H,12,13). The average Bonchev–Trinajstić information content (AvgIpc) is 2.23. The van der Waals surface area contributed by atoms with Crippen LogP contribution in [-0.4, -0.2) is 25.2 Å². The van der Waals surface area contributed by atoms with Crippen LogP contribution in [0, 0.1) is 0 Å². The summed E-state index contributed by atoms with van der Waals surface area (Å²) in [7, 11) is -3.28. The Morgan fingerprint density at radius 2 is 2.00 bits per heavy atom. The van der Waals surface area contributed by atoms with Crippen LogP contribution in [0.5, 0.6) is 0 Å². The first-order chi connectivity index (χ1) is 7.50. The van der Waals surface area contributed by atoms with Crippen LogP contribution in [0.15, 0.2) is 35.2 Å². The molecule has 0 aliphatic carbocycles. The molecule has 0 unspecified atom stereocenters. The smallest absolute Gasteiger partial charge is 0.307 e. The van der Waals surface area contributed by atoms with Crippen LogP contribution in [0.1, 0.15) is 12.0 Å². The summed E-state index contributed by atoms with van der Waals surface area (Å²) < 4.78 is 23.4. The van der Waals surface area contributed by atoms with Crippen molar-refractivity contribution in [3.63, 3.8) is 0 Å². The van der Waals surface area contributed by atoms with Crippen LogP contribution in [0.2, 0.25) is 0 Å². The molecule has 1 N–H and O–H groups in total. The molecular weight excluding hydrogens is 228 g/mol. The molecule has 16 heavy (non-hydrogen) atoms. The third-order valence-corrected chi connectivity index (χ3v) is 4.09. The summed E-state index contributed by atoms with van der Waals surface area (Å²) in [6.45, 7) is 0. The first-order valence-electron chi connectivity index (χ1n) is 4.74. The van der Waals surface area contributed by atoms with Gasteiger partial charge in [-0.1, -0.05) is 24.3 Å². The summed E-state index contributed by atoms with van der Waals surface area (Å²) >= 11 is 0. The van der Waals surface area contributed by atoms with Crippen LogP contribution in [0.25, 0.3) is 5.57 Å². The maximum absolute atomic E-state index is 11.7. The first kappa shape index (κ1) is 10.9. The molecule has 0 bridgehead atoms. The van der Waals surface area contributed by atoms with Crippen molar-refractivity contribution in [3.05, 3.63) is 35.9 Å². The van der Waals surface area contributed by atoms with E-state index in [1.165, 1.54) is 12.1 Å². The largest absolute Gasteiger partial charge is 0.481 e. The molecule has 1 heterocycles. The number of fused-ring (bicyclic) bond motifs is 1. The van der Waals surface area contributed by atoms with E-state index in [1.54, 1.807) is 18.2 Å². The van der Waals surface area contributed by atoms with Gasteiger partial charge in [0.25, 0.3) is 0 Å². The summed E-state index contributed by atoms with van der Waals surface area (Å²) in [5, 5.41) is 8.73. The maximum Gasteiger partial charge on any atom is 0.307 e. The second-order valence-electron chi connectivity index (χ2n) is 3.58. The molecule has 4 nitrogen and oxygen atoms in total. The molecule has 1 aliphatic heterocycles. The highest BCUT2D eigenvalue weighted by Gasteiger charge is 2.24. The van der Waals surface area contributed by atoms with Crippen LogP contribution in [-0.2, 0) is 14.6 Å². The minimum atomic E-state index is -3.28. The van der Waals surface area contributed by atoms with Gasteiger partial charge >= 0.3 is 5.97 Å². The molecule has 1 aliphatic rings. The Morgan fingerprint density at radius 3 is 2.69 bits per heavy atom. The fraction of sp³-hybridized carbons (Fsp3) is 0.182.